The van der Waals surface area contributed by atoms with Crippen molar-refractivity contribution in [2.75, 3.05) is 12.1 Å². The van der Waals surface area contributed by atoms with Gasteiger partial charge in [-0.15, -0.1) is 0 Å². The van der Waals surface area contributed by atoms with Crippen LogP contribution in [-0.4, -0.2) is 17.7 Å². The molecule has 5 nitrogen and oxygen atoms in total. The molecule has 2 aromatic rings. The molecule has 1 aromatic carbocycles. The molecule has 1 aliphatic rings. The van der Waals surface area contributed by atoms with Crippen molar-refractivity contribution in [3.8, 4) is 11.5 Å². The molecule has 0 spiro atoms. The van der Waals surface area contributed by atoms with E-state index in [1.807, 2.05) is 24.3 Å². The molecule has 1 aliphatic heterocycles. The minimum absolute atomic E-state index is 0.235. The lowest BCUT2D eigenvalue weighted by Gasteiger charge is -2.00. The first kappa shape index (κ1) is 12.2. The minimum atomic E-state index is -0.235. The number of hydrogen-bond acceptors (Lipinski definition) is 4. The van der Waals surface area contributed by atoms with Gasteiger partial charge in [0.15, 0.2) is 11.5 Å². The maximum atomic E-state index is 11.7. The minimum Gasteiger partial charge on any atom is -0.454 e. The summed E-state index contributed by atoms with van der Waals surface area (Å²) in [6, 6.07) is 10.8. The SMILES string of the molecule is O=C(C=Cc1ccc2c(c1)OCO2)Nc1ccccn1. The molecule has 1 aromatic heterocycles. The number of fused-ring (bicyclic) bond motifs is 1. The Morgan fingerprint density at radius 1 is 1.20 bits per heavy atom. The van der Waals surface area contributed by atoms with Gasteiger partial charge in [-0.1, -0.05) is 12.1 Å². The number of rotatable bonds is 3. The summed E-state index contributed by atoms with van der Waals surface area (Å²) in [5.41, 5.74) is 0.866. The molecule has 0 saturated heterocycles. The maximum absolute atomic E-state index is 11.7. The van der Waals surface area contributed by atoms with Gasteiger partial charge < -0.3 is 14.8 Å². The first-order valence-corrected chi connectivity index (χ1v) is 6.11. The smallest absolute Gasteiger partial charge is 0.249 e. The molecule has 0 aliphatic carbocycles. The van der Waals surface area contributed by atoms with Gasteiger partial charge in [0, 0.05) is 12.3 Å². The molecule has 1 amide bonds. The predicted octanol–water partition coefficient (Wildman–Crippen LogP) is 2.46. The molecule has 0 saturated carbocycles. The quantitative estimate of drug-likeness (QED) is 0.869. The van der Waals surface area contributed by atoms with E-state index in [-0.39, 0.29) is 12.7 Å². The maximum Gasteiger partial charge on any atom is 0.249 e. The monoisotopic (exact) mass is 268 g/mol. The second kappa shape index (κ2) is 5.44. The van der Waals surface area contributed by atoms with Crippen molar-refractivity contribution in [2.24, 2.45) is 0 Å². The number of carbonyl (C=O) groups excluding carboxylic acids is 1. The summed E-state index contributed by atoms with van der Waals surface area (Å²) < 4.78 is 10.5. The zero-order chi connectivity index (χ0) is 13.8. The number of pyridine rings is 1. The van der Waals surface area contributed by atoms with Crippen molar-refractivity contribution in [2.45, 2.75) is 0 Å². The Morgan fingerprint density at radius 2 is 2.10 bits per heavy atom. The number of carbonyl (C=O) groups is 1. The lowest BCUT2D eigenvalue weighted by Crippen LogP contribution is -2.08. The molecule has 3 rings (SSSR count). The van der Waals surface area contributed by atoms with Crippen LogP contribution in [0.1, 0.15) is 5.56 Å². The van der Waals surface area contributed by atoms with Gasteiger partial charge in [-0.3, -0.25) is 4.79 Å². The Kier molecular flexibility index (Phi) is 3.33. The lowest BCUT2D eigenvalue weighted by atomic mass is 10.2. The first-order valence-electron chi connectivity index (χ1n) is 6.11. The van der Waals surface area contributed by atoms with Crippen molar-refractivity contribution in [1.29, 1.82) is 0 Å². The van der Waals surface area contributed by atoms with Crippen molar-refractivity contribution < 1.29 is 14.3 Å². The highest BCUT2D eigenvalue weighted by molar-refractivity contribution is 6.01. The van der Waals surface area contributed by atoms with Crippen molar-refractivity contribution in [1.82, 2.24) is 4.98 Å². The zero-order valence-electron chi connectivity index (χ0n) is 10.6. The standard InChI is InChI=1S/C15H12N2O3/c18-15(17-14-3-1-2-8-16-14)7-5-11-4-6-12-13(9-11)20-10-19-12/h1-9H,10H2,(H,16,17,18). The van der Waals surface area contributed by atoms with E-state index in [2.05, 4.69) is 10.3 Å². The largest absolute Gasteiger partial charge is 0.454 e. The van der Waals surface area contributed by atoms with Crippen LogP contribution in [0.15, 0.2) is 48.7 Å². The van der Waals surface area contributed by atoms with Crippen LogP contribution in [0, 0.1) is 0 Å². The molecule has 0 radical (unpaired) electrons. The van der Waals surface area contributed by atoms with Crippen molar-refractivity contribution in [3.63, 3.8) is 0 Å². The molecule has 2 heterocycles. The van der Waals surface area contributed by atoms with Crippen LogP contribution < -0.4 is 14.8 Å². The topological polar surface area (TPSA) is 60.5 Å². The second-order valence-corrected chi connectivity index (χ2v) is 4.15. The van der Waals surface area contributed by atoms with Gasteiger partial charge in [-0.2, -0.15) is 0 Å². The lowest BCUT2D eigenvalue weighted by molar-refractivity contribution is -0.111. The number of ether oxygens (including phenoxy) is 2. The van der Waals surface area contributed by atoms with E-state index in [0.717, 1.165) is 11.3 Å². The van der Waals surface area contributed by atoms with Gasteiger partial charge in [0.05, 0.1) is 0 Å². The van der Waals surface area contributed by atoms with Crippen LogP contribution in [-0.2, 0) is 4.79 Å². The summed E-state index contributed by atoms with van der Waals surface area (Å²) in [5.74, 6) is 1.70. The van der Waals surface area contributed by atoms with Gasteiger partial charge >= 0.3 is 0 Å². The van der Waals surface area contributed by atoms with Crippen LogP contribution in [0.2, 0.25) is 0 Å². The second-order valence-electron chi connectivity index (χ2n) is 4.15. The fourth-order valence-electron chi connectivity index (χ4n) is 1.79. The van der Waals surface area contributed by atoms with Gasteiger partial charge in [0.25, 0.3) is 0 Å². The summed E-state index contributed by atoms with van der Waals surface area (Å²) in [6.45, 7) is 0.239. The third-order valence-corrected chi connectivity index (χ3v) is 2.74. The van der Waals surface area contributed by atoms with Crippen LogP contribution >= 0.6 is 0 Å². The normalized spacial score (nSPS) is 12.6. The molecule has 20 heavy (non-hydrogen) atoms. The van der Waals surface area contributed by atoms with Crippen molar-refractivity contribution >= 4 is 17.8 Å². The summed E-state index contributed by atoms with van der Waals surface area (Å²) in [5, 5.41) is 2.67. The fourth-order valence-corrected chi connectivity index (χ4v) is 1.79. The summed E-state index contributed by atoms with van der Waals surface area (Å²) in [4.78, 5) is 15.7. The molecule has 0 unspecified atom stereocenters. The molecular formula is C15H12N2O3. The Labute approximate surface area is 115 Å². The zero-order valence-corrected chi connectivity index (χ0v) is 10.6. The number of nitrogens with zero attached hydrogens (tertiary/aromatic N) is 1. The summed E-state index contributed by atoms with van der Waals surface area (Å²) in [7, 11) is 0. The van der Waals surface area contributed by atoms with E-state index < -0.39 is 0 Å². The third kappa shape index (κ3) is 2.77. The highest BCUT2D eigenvalue weighted by Gasteiger charge is 2.12. The Balaban J connectivity index is 1.66. The van der Waals surface area contributed by atoms with Crippen molar-refractivity contribution in [3.05, 3.63) is 54.2 Å². The highest BCUT2D eigenvalue weighted by atomic mass is 16.7. The number of benzene rings is 1. The number of hydrogen-bond donors (Lipinski definition) is 1. The number of aromatic nitrogens is 1. The number of anilines is 1. The molecular weight excluding hydrogens is 256 g/mol. The molecule has 1 N–H and O–H groups in total. The first-order chi connectivity index (χ1) is 9.81. The van der Waals surface area contributed by atoms with E-state index in [1.165, 1.54) is 6.08 Å². The van der Waals surface area contributed by atoms with E-state index in [9.17, 15) is 4.79 Å². The van der Waals surface area contributed by atoms with Gasteiger partial charge in [0.2, 0.25) is 12.7 Å². The summed E-state index contributed by atoms with van der Waals surface area (Å²) in [6.07, 6.45) is 4.78. The average Bonchev–Trinajstić information content (AvgIpc) is 2.93. The van der Waals surface area contributed by atoms with E-state index in [0.29, 0.717) is 11.6 Å². The van der Waals surface area contributed by atoms with E-state index in [1.54, 1.807) is 24.4 Å². The summed E-state index contributed by atoms with van der Waals surface area (Å²) >= 11 is 0. The van der Waals surface area contributed by atoms with E-state index >= 15 is 0 Å². The van der Waals surface area contributed by atoms with Crippen LogP contribution in [0.5, 0.6) is 11.5 Å². The molecule has 0 fully saturated rings. The fraction of sp³-hybridized carbons (Fsp3) is 0.0667. The predicted molar refractivity (Wildman–Crippen MR) is 74.5 cm³/mol. The third-order valence-electron chi connectivity index (χ3n) is 2.74. The Bertz CT molecular complexity index is 653. The van der Waals surface area contributed by atoms with Crippen LogP contribution in [0.4, 0.5) is 5.82 Å². The van der Waals surface area contributed by atoms with Crippen LogP contribution in [0.3, 0.4) is 0 Å². The Hall–Kier alpha value is -2.82. The molecule has 0 atom stereocenters. The van der Waals surface area contributed by atoms with Crippen LogP contribution in [0.25, 0.3) is 6.08 Å². The molecule has 0 bridgehead atoms. The van der Waals surface area contributed by atoms with Gasteiger partial charge in [0.1, 0.15) is 5.82 Å². The van der Waals surface area contributed by atoms with Gasteiger partial charge in [-0.05, 0) is 35.9 Å². The van der Waals surface area contributed by atoms with E-state index in [4.69, 9.17) is 9.47 Å². The molecule has 5 heteroatoms. The number of nitrogens with one attached hydrogen (secondary N) is 1. The average molecular weight is 268 g/mol. The van der Waals surface area contributed by atoms with Gasteiger partial charge in [-0.25, -0.2) is 4.98 Å². The number of amides is 1. The Morgan fingerprint density at radius 3 is 2.95 bits per heavy atom. The highest BCUT2D eigenvalue weighted by Crippen LogP contribution is 2.32. The molecule has 100 valence electrons.